The Labute approximate surface area is 227 Å². The van der Waals surface area contributed by atoms with Gasteiger partial charge in [0.15, 0.2) is 17.9 Å². The van der Waals surface area contributed by atoms with Crippen LogP contribution in [0.3, 0.4) is 0 Å². The fourth-order valence-electron chi connectivity index (χ4n) is 3.75. The summed E-state index contributed by atoms with van der Waals surface area (Å²) in [7, 11) is -9.58. The van der Waals surface area contributed by atoms with Crippen LogP contribution in [-0.2, 0) is 18.4 Å². The number of aliphatic hydroxyl groups is 2. The maximum Gasteiger partial charge on any atom is 0.340 e. The molecule has 14 nitrogen and oxygen atoms in total. The third-order valence-electron chi connectivity index (χ3n) is 5.57. The molecule has 0 radical (unpaired) electrons. The summed E-state index contributed by atoms with van der Waals surface area (Å²) < 4.78 is 33.3. The zero-order valence-corrected chi connectivity index (χ0v) is 23.4. The third kappa shape index (κ3) is 7.50. The van der Waals surface area contributed by atoms with Gasteiger partial charge in [0.05, 0.1) is 12.6 Å². The highest BCUT2D eigenvalue weighted by atomic mass is 35.5. The van der Waals surface area contributed by atoms with Crippen molar-refractivity contribution in [2.75, 3.05) is 22.8 Å². The van der Waals surface area contributed by atoms with Crippen LogP contribution >= 0.6 is 38.4 Å². The van der Waals surface area contributed by atoms with Crippen LogP contribution in [0, 0.1) is 6.92 Å². The molecule has 1 aliphatic heterocycles. The number of anilines is 2. The second-order valence-corrected chi connectivity index (χ2v) is 13.2. The van der Waals surface area contributed by atoms with Gasteiger partial charge in [0.2, 0.25) is 5.28 Å². The fourth-order valence-corrected chi connectivity index (χ4v) is 6.78. The number of nitrogens with one attached hydrogen (secondary N) is 1. The van der Waals surface area contributed by atoms with Gasteiger partial charge in [-0.3, -0.25) is 9.13 Å². The van der Waals surface area contributed by atoms with Crippen LogP contribution in [0.5, 0.6) is 0 Å². The van der Waals surface area contributed by atoms with E-state index in [9.17, 15) is 24.2 Å². The van der Waals surface area contributed by atoms with Crippen molar-refractivity contribution >= 4 is 56.7 Å². The second-order valence-electron chi connectivity index (χ2n) is 8.45. The molecule has 0 aliphatic carbocycles. The number of benzene rings is 1. The molecule has 0 saturated carbocycles. The van der Waals surface area contributed by atoms with Crippen LogP contribution in [0.1, 0.15) is 24.1 Å². The van der Waals surface area contributed by atoms with Crippen molar-refractivity contribution in [1.82, 2.24) is 9.97 Å². The molecule has 210 valence electrons. The number of ether oxygens (including phenoxy) is 1. The van der Waals surface area contributed by atoms with Gasteiger partial charge in [0, 0.05) is 17.3 Å². The molecule has 3 rings (SSSR count). The molecular formula is C20H27Cl2N5O9P2. The van der Waals surface area contributed by atoms with Crippen LogP contribution in [0.15, 0.2) is 29.4 Å². The lowest BCUT2D eigenvalue weighted by Gasteiger charge is -2.28. The molecule has 0 amide bonds. The van der Waals surface area contributed by atoms with Crippen molar-refractivity contribution in [3.8, 4) is 0 Å². The summed E-state index contributed by atoms with van der Waals surface area (Å²) in [6.07, 6.45) is -6.02. The molecule has 0 spiro atoms. The Morgan fingerprint density at radius 2 is 1.87 bits per heavy atom. The summed E-state index contributed by atoms with van der Waals surface area (Å²) in [6, 6.07) is 6.92. The highest BCUT2D eigenvalue weighted by molar-refractivity contribution is 7.70. The van der Waals surface area contributed by atoms with E-state index in [0.29, 0.717) is 16.4 Å². The predicted octanol–water partition coefficient (Wildman–Crippen LogP) is 2.47. The van der Waals surface area contributed by atoms with E-state index in [1.54, 1.807) is 19.1 Å². The van der Waals surface area contributed by atoms with Gasteiger partial charge >= 0.3 is 15.2 Å². The van der Waals surface area contributed by atoms with Crippen LogP contribution < -0.4 is 10.3 Å². The normalized spacial score (nSPS) is 24.0. The highest BCUT2D eigenvalue weighted by Gasteiger charge is 2.47. The van der Waals surface area contributed by atoms with E-state index in [0.717, 1.165) is 10.6 Å². The van der Waals surface area contributed by atoms with E-state index < -0.39 is 52.2 Å². The van der Waals surface area contributed by atoms with Gasteiger partial charge in [-0.15, -0.1) is 0 Å². The summed E-state index contributed by atoms with van der Waals surface area (Å²) in [5.74, 6) is -1.04. The molecule has 1 aromatic carbocycles. The first-order chi connectivity index (χ1) is 17.6. The smallest absolute Gasteiger partial charge is 0.340 e. The Hall–Kier alpha value is -1.67. The molecular weight excluding hydrogens is 587 g/mol. The first-order valence-corrected chi connectivity index (χ1v) is 15.3. The highest BCUT2D eigenvalue weighted by Crippen LogP contribution is 2.55. The van der Waals surface area contributed by atoms with Crippen molar-refractivity contribution in [2.45, 2.75) is 44.4 Å². The van der Waals surface area contributed by atoms with Gasteiger partial charge in [-0.05, 0) is 37.1 Å². The molecule has 6 atom stereocenters. The summed E-state index contributed by atoms with van der Waals surface area (Å²) >= 11 is 12.5. The van der Waals surface area contributed by atoms with E-state index in [1.165, 1.54) is 0 Å². The van der Waals surface area contributed by atoms with Crippen molar-refractivity contribution in [2.24, 2.45) is 5.10 Å². The minimum Gasteiger partial charge on any atom is -0.387 e. The number of rotatable bonds is 11. The lowest BCUT2D eigenvalue weighted by molar-refractivity contribution is -0.0185. The summed E-state index contributed by atoms with van der Waals surface area (Å²) in [5.41, 5.74) is 1.22. The predicted molar refractivity (Wildman–Crippen MR) is 141 cm³/mol. The molecule has 18 heteroatoms. The zero-order chi connectivity index (χ0) is 28.4. The summed E-state index contributed by atoms with van der Waals surface area (Å²) in [5, 5.41) is 29.5. The lowest BCUT2D eigenvalue weighted by atomic mass is 10.1. The number of aromatic nitrogens is 2. The number of nitrogens with zero attached hydrogens (tertiary/aromatic N) is 4. The maximum atomic E-state index is 12.0. The van der Waals surface area contributed by atoms with Gasteiger partial charge in [-0.1, -0.05) is 29.8 Å². The van der Waals surface area contributed by atoms with Crippen LogP contribution in [0.4, 0.5) is 11.6 Å². The molecule has 6 N–H and O–H groups in total. The number of hydrazone groups is 1. The molecule has 1 saturated heterocycles. The summed E-state index contributed by atoms with van der Waals surface area (Å²) in [4.78, 5) is 35.9. The Kier molecular flexibility index (Phi) is 9.94. The Bertz CT molecular complexity index is 1270. The first-order valence-electron chi connectivity index (χ1n) is 11.0. The van der Waals surface area contributed by atoms with Gasteiger partial charge < -0.3 is 39.5 Å². The molecule has 0 bridgehead atoms. The van der Waals surface area contributed by atoms with Gasteiger partial charge in [-0.25, -0.2) is 9.99 Å². The van der Waals surface area contributed by atoms with Gasteiger partial charge in [0.1, 0.15) is 24.1 Å². The van der Waals surface area contributed by atoms with E-state index in [-0.39, 0.29) is 17.1 Å². The number of aliphatic hydroxyl groups excluding tert-OH is 2. The zero-order valence-electron chi connectivity index (χ0n) is 20.1. The average molecular weight is 614 g/mol. The molecule has 2 aromatic rings. The SMILES string of the molecule is C=NN(c1nc(Cl)nc(N[C@H](C)c2ccccc2Cl)c1C)[C@@H]1O[C@H](COP(=O)(O)CP(=O)(O)O)[C@@H](O)[C@H]1O. The van der Waals surface area contributed by atoms with Crippen LogP contribution in [0.25, 0.3) is 0 Å². The number of halogens is 2. The third-order valence-corrected chi connectivity index (χ3v) is 9.54. The fraction of sp³-hybridized carbons (Fsp3) is 0.450. The lowest BCUT2D eigenvalue weighted by Crippen LogP contribution is -2.42. The summed E-state index contributed by atoms with van der Waals surface area (Å²) in [6.45, 7) is 6.21. The van der Waals surface area contributed by atoms with Crippen molar-refractivity contribution in [1.29, 1.82) is 0 Å². The Morgan fingerprint density at radius 3 is 2.47 bits per heavy atom. The van der Waals surface area contributed by atoms with E-state index in [1.807, 2.05) is 19.1 Å². The topological polar surface area (TPSA) is 207 Å². The van der Waals surface area contributed by atoms with Crippen molar-refractivity contribution in [3.63, 3.8) is 0 Å². The van der Waals surface area contributed by atoms with E-state index in [4.69, 9.17) is 42.2 Å². The monoisotopic (exact) mass is 613 g/mol. The molecule has 1 fully saturated rings. The second kappa shape index (κ2) is 12.2. The maximum absolute atomic E-state index is 12.0. The molecule has 38 heavy (non-hydrogen) atoms. The Balaban J connectivity index is 1.82. The Morgan fingerprint density at radius 1 is 1.21 bits per heavy atom. The van der Waals surface area contributed by atoms with Crippen molar-refractivity contribution in [3.05, 3.63) is 45.7 Å². The van der Waals surface area contributed by atoms with Crippen LogP contribution in [-0.4, -0.2) is 78.6 Å². The van der Waals surface area contributed by atoms with Gasteiger partial charge in [-0.2, -0.15) is 10.1 Å². The molecule has 1 unspecified atom stereocenters. The molecule has 1 aromatic heterocycles. The quantitative estimate of drug-likeness (QED) is 0.0932. The largest absolute Gasteiger partial charge is 0.387 e. The minimum atomic E-state index is -4.86. The van der Waals surface area contributed by atoms with Crippen molar-refractivity contribution < 1.29 is 43.3 Å². The number of hydrogen-bond acceptors (Lipinski definition) is 11. The first kappa shape index (κ1) is 30.9. The molecule has 1 aliphatic rings. The van der Waals surface area contributed by atoms with Crippen LogP contribution in [0.2, 0.25) is 10.3 Å². The standard InChI is InChI=1S/C20H27Cl2N5O9P2/c1-10-17(24-11(2)12-6-4-5-7-13(12)21)25-20(22)26-18(10)27(23-3)19-16(29)15(28)14(36-19)8-35-38(33,34)9-37(30,31)32/h4-7,11,14-16,19,28-29H,3,8-9H2,1-2H3,(H,33,34)(H,24,25,26)(H2,30,31,32)/t11-,14-,15-,16-,19-/m1/s1. The van der Waals surface area contributed by atoms with E-state index in [2.05, 4.69) is 27.1 Å². The van der Waals surface area contributed by atoms with Gasteiger partial charge in [0.25, 0.3) is 0 Å². The molecule has 2 heterocycles. The van der Waals surface area contributed by atoms with E-state index >= 15 is 0 Å². The number of hydrogen-bond donors (Lipinski definition) is 6. The average Bonchev–Trinajstić information content (AvgIpc) is 3.08. The minimum absolute atomic E-state index is 0.0704.